The zero-order valence-electron chi connectivity index (χ0n) is 19.6. The van der Waals surface area contributed by atoms with Crippen LogP contribution >= 0.6 is 0 Å². The van der Waals surface area contributed by atoms with Gasteiger partial charge < -0.3 is 15.5 Å². The van der Waals surface area contributed by atoms with E-state index >= 15 is 0 Å². The van der Waals surface area contributed by atoms with Crippen LogP contribution in [-0.4, -0.2) is 68.0 Å². The highest BCUT2D eigenvalue weighted by Gasteiger charge is 2.26. The number of piperidine rings is 2. The first kappa shape index (κ1) is 23.6. The number of likely N-dealkylation sites (tertiary alicyclic amines) is 2. The molecule has 3 rings (SSSR count). The van der Waals surface area contributed by atoms with E-state index in [-0.39, 0.29) is 5.91 Å². The number of rotatable bonds is 7. The minimum atomic E-state index is 0.153. The van der Waals surface area contributed by atoms with E-state index < -0.39 is 0 Å². The Labute approximate surface area is 188 Å². The van der Waals surface area contributed by atoms with Crippen LogP contribution in [0.15, 0.2) is 35.3 Å². The number of guanidine groups is 1. The van der Waals surface area contributed by atoms with Crippen LogP contribution in [0, 0.1) is 11.8 Å². The molecule has 1 aromatic rings. The van der Waals surface area contributed by atoms with E-state index in [0.717, 1.165) is 64.0 Å². The van der Waals surface area contributed by atoms with Crippen molar-refractivity contribution in [2.45, 2.75) is 52.0 Å². The quantitative estimate of drug-likeness (QED) is 0.518. The van der Waals surface area contributed by atoms with Crippen LogP contribution in [0.5, 0.6) is 0 Å². The van der Waals surface area contributed by atoms with Crippen LogP contribution in [0.25, 0.3) is 0 Å². The van der Waals surface area contributed by atoms with Gasteiger partial charge in [-0.15, -0.1) is 0 Å². The summed E-state index contributed by atoms with van der Waals surface area (Å²) >= 11 is 0. The van der Waals surface area contributed by atoms with Gasteiger partial charge in [0.05, 0.1) is 12.6 Å². The van der Waals surface area contributed by atoms with Crippen molar-refractivity contribution < 1.29 is 4.79 Å². The molecule has 1 atom stereocenters. The van der Waals surface area contributed by atoms with Crippen molar-refractivity contribution in [1.82, 2.24) is 20.4 Å². The van der Waals surface area contributed by atoms with Gasteiger partial charge in [-0.3, -0.25) is 14.7 Å². The second-order valence-electron chi connectivity index (χ2n) is 9.15. The number of aliphatic imine (C=N–C) groups is 1. The molecular weight excluding hydrogens is 386 g/mol. The zero-order valence-corrected chi connectivity index (χ0v) is 19.6. The highest BCUT2D eigenvalue weighted by molar-refractivity contribution is 5.80. The van der Waals surface area contributed by atoms with E-state index in [1.54, 1.807) is 7.05 Å². The number of amides is 1. The van der Waals surface area contributed by atoms with Crippen LogP contribution < -0.4 is 10.6 Å². The van der Waals surface area contributed by atoms with Gasteiger partial charge in [0.15, 0.2) is 5.96 Å². The average Bonchev–Trinajstić information content (AvgIpc) is 2.81. The molecule has 0 aromatic heterocycles. The molecule has 2 fully saturated rings. The number of nitrogens with one attached hydrogen (secondary N) is 2. The highest BCUT2D eigenvalue weighted by atomic mass is 16.1. The Morgan fingerprint density at radius 3 is 2.39 bits per heavy atom. The maximum absolute atomic E-state index is 11.7. The summed E-state index contributed by atoms with van der Waals surface area (Å²) in [5.74, 6) is 2.48. The number of hydrogen-bond donors (Lipinski definition) is 2. The second-order valence-corrected chi connectivity index (χ2v) is 9.15. The standard InChI is InChI=1S/C25H41N5O/c1-4-27-25(30-16-12-21(13-17-30)18-24(31)26-3)28-19-23(22-8-6-5-7-9-22)29-14-10-20(2)11-15-29/h5-9,20-21,23H,4,10-19H2,1-3H3,(H,26,31)(H,27,28). The lowest BCUT2D eigenvalue weighted by Crippen LogP contribution is -2.46. The summed E-state index contributed by atoms with van der Waals surface area (Å²) in [5.41, 5.74) is 1.36. The Balaban J connectivity index is 1.67. The molecule has 1 amide bonds. The molecule has 2 saturated heterocycles. The maximum atomic E-state index is 11.7. The molecule has 2 aliphatic rings. The Kier molecular flexibility index (Phi) is 9.19. The van der Waals surface area contributed by atoms with E-state index in [2.05, 4.69) is 64.6 Å². The molecule has 2 aliphatic heterocycles. The predicted octanol–water partition coefficient (Wildman–Crippen LogP) is 3.27. The highest BCUT2D eigenvalue weighted by Crippen LogP contribution is 2.27. The third-order valence-corrected chi connectivity index (χ3v) is 6.86. The third-order valence-electron chi connectivity index (χ3n) is 6.86. The van der Waals surface area contributed by atoms with Gasteiger partial charge in [-0.25, -0.2) is 0 Å². The molecule has 31 heavy (non-hydrogen) atoms. The summed E-state index contributed by atoms with van der Waals surface area (Å²) in [5, 5.41) is 6.27. The molecule has 1 aromatic carbocycles. The van der Waals surface area contributed by atoms with Crippen molar-refractivity contribution in [1.29, 1.82) is 0 Å². The van der Waals surface area contributed by atoms with Gasteiger partial charge in [0.25, 0.3) is 0 Å². The lowest BCUT2D eigenvalue weighted by atomic mass is 9.93. The molecule has 2 N–H and O–H groups in total. The van der Waals surface area contributed by atoms with Crippen molar-refractivity contribution >= 4 is 11.9 Å². The van der Waals surface area contributed by atoms with Crippen molar-refractivity contribution in [3.05, 3.63) is 35.9 Å². The van der Waals surface area contributed by atoms with E-state index in [0.29, 0.717) is 18.4 Å². The second kappa shape index (κ2) is 12.1. The fourth-order valence-electron chi connectivity index (χ4n) is 4.76. The first-order chi connectivity index (χ1) is 15.1. The summed E-state index contributed by atoms with van der Waals surface area (Å²) in [7, 11) is 1.72. The van der Waals surface area contributed by atoms with Gasteiger partial charge in [0, 0.05) is 33.1 Å². The molecule has 2 heterocycles. The van der Waals surface area contributed by atoms with Crippen molar-refractivity contribution in [3.8, 4) is 0 Å². The lowest BCUT2D eigenvalue weighted by molar-refractivity contribution is -0.121. The molecule has 6 heteroatoms. The van der Waals surface area contributed by atoms with E-state index in [4.69, 9.17) is 4.99 Å². The first-order valence-corrected chi connectivity index (χ1v) is 12.1. The molecule has 0 radical (unpaired) electrons. The summed E-state index contributed by atoms with van der Waals surface area (Å²) in [4.78, 5) is 21.8. The van der Waals surface area contributed by atoms with Crippen molar-refractivity contribution in [2.24, 2.45) is 16.8 Å². The van der Waals surface area contributed by atoms with Gasteiger partial charge in [0.2, 0.25) is 5.91 Å². The van der Waals surface area contributed by atoms with Crippen LogP contribution in [0.1, 0.15) is 57.6 Å². The zero-order chi connectivity index (χ0) is 22.1. The molecular formula is C25H41N5O. The predicted molar refractivity (Wildman–Crippen MR) is 128 cm³/mol. The average molecular weight is 428 g/mol. The van der Waals surface area contributed by atoms with Gasteiger partial charge in [0.1, 0.15) is 0 Å². The first-order valence-electron chi connectivity index (χ1n) is 12.1. The number of nitrogens with zero attached hydrogens (tertiary/aromatic N) is 3. The molecule has 1 unspecified atom stereocenters. The monoisotopic (exact) mass is 427 g/mol. The number of carbonyl (C=O) groups excluding carboxylic acids is 1. The largest absolute Gasteiger partial charge is 0.359 e. The SMILES string of the molecule is CCNC(=NCC(c1ccccc1)N1CCC(C)CC1)N1CCC(CC(=O)NC)CC1. The summed E-state index contributed by atoms with van der Waals surface area (Å²) < 4.78 is 0. The summed E-state index contributed by atoms with van der Waals surface area (Å²) in [6.45, 7) is 10.4. The third kappa shape index (κ3) is 6.96. The number of carbonyl (C=O) groups is 1. The molecule has 6 nitrogen and oxygen atoms in total. The van der Waals surface area contributed by atoms with Crippen LogP contribution in [-0.2, 0) is 4.79 Å². The van der Waals surface area contributed by atoms with Gasteiger partial charge in [-0.1, -0.05) is 37.3 Å². The maximum Gasteiger partial charge on any atom is 0.220 e. The van der Waals surface area contributed by atoms with Gasteiger partial charge in [-0.05, 0) is 63.1 Å². The van der Waals surface area contributed by atoms with Gasteiger partial charge in [-0.2, -0.15) is 0 Å². The minimum Gasteiger partial charge on any atom is -0.359 e. The lowest BCUT2D eigenvalue weighted by Gasteiger charge is -2.37. The minimum absolute atomic E-state index is 0.153. The van der Waals surface area contributed by atoms with E-state index in [1.807, 2.05) is 0 Å². The normalized spacial score (nSPS) is 20.5. The molecule has 0 spiro atoms. The molecule has 172 valence electrons. The van der Waals surface area contributed by atoms with Crippen molar-refractivity contribution in [2.75, 3.05) is 46.3 Å². The Hall–Kier alpha value is -2.08. The fraction of sp³-hybridized carbons (Fsp3) is 0.680. The molecule has 0 bridgehead atoms. The molecule has 0 saturated carbocycles. The van der Waals surface area contributed by atoms with Crippen LogP contribution in [0.4, 0.5) is 0 Å². The molecule has 0 aliphatic carbocycles. The Morgan fingerprint density at radius 1 is 1.10 bits per heavy atom. The smallest absolute Gasteiger partial charge is 0.220 e. The van der Waals surface area contributed by atoms with Crippen LogP contribution in [0.2, 0.25) is 0 Å². The number of hydrogen-bond acceptors (Lipinski definition) is 3. The topological polar surface area (TPSA) is 60.0 Å². The van der Waals surface area contributed by atoms with Crippen LogP contribution in [0.3, 0.4) is 0 Å². The Morgan fingerprint density at radius 2 is 1.77 bits per heavy atom. The number of benzene rings is 1. The van der Waals surface area contributed by atoms with Gasteiger partial charge >= 0.3 is 0 Å². The van der Waals surface area contributed by atoms with Crippen molar-refractivity contribution in [3.63, 3.8) is 0 Å². The van der Waals surface area contributed by atoms with E-state index in [9.17, 15) is 4.79 Å². The summed E-state index contributed by atoms with van der Waals surface area (Å²) in [6, 6.07) is 11.2. The Bertz CT molecular complexity index is 691. The summed E-state index contributed by atoms with van der Waals surface area (Å²) in [6.07, 6.45) is 5.27. The fourth-order valence-corrected chi connectivity index (χ4v) is 4.76. The van der Waals surface area contributed by atoms with E-state index in [1.165, 1.54) is 18.4 Å².